The molecule has 3 nitrogen and oxygen atoms in total. The molecule has 0 aliphatic heterocycles. The molecule has 0 aliphatic rings. The van der Waals surface area contributed by atoms with Gasteiger partial charge in [0.05, 0.1) is 0 Å². The molecule has 96 valence electrons. The molecule has 1 N–H and O–H groups in total. The van der Waals surface area contributed by atoms with E-state index in [-0.39, 0.29) is 5.82 Å². The Kier molecular flexibility index (Phi) is 3.48. The molecular weight excluding hydrogens is 231 g/mol. The van der Waals surface area contributed by atoms with Crippen LogP contribution in [0.4, 0.5) is 4.39 Å². The zero-order valence-electron chi connectivity index (χ0n) is 10.6. The van der Waals surface area contributed by atoms with Crippen LogP contribution in [0.5, 0.6) is 0 Å². The number of aryl methyl sites for hydroxylation is 1. The monoisotopic (exact) mass is 248 g/mol. The molecule has 0 amide bonds. The smallest absolute Gasteiger partial charge is 0.140 e. The number of hydrogen-bond acceptors (Lipinski definition) is 2. The second-order valence-electron chi connectivity index (χ2n) is 4.62. The first kappa shape index (κ1) is 12.8. The third kappa shape index (κ3) is 2.59. The lowest BCUT2D eigenvalue weighted by Crippen LogP contribution is -2.28. The lowest BCUT2D eigenvalue weighted by atomic mass is 9.95. The van der Waals surface area contributed by atoms with E-state index in [1.54, 1.807) is 25.3 Å². The zero-order valence-corrected chi connectivity index (χ0v) is 10.6. The van der Waals surface area contributed by atoms with E-state index in [2.05, 4.69) is 4.98 Å². The number of aromatic nitrogens is 2. The maximum absolute atomic E-state index is 13.1. The van der Waals surface area contributed by atoms with Crippen molar-refractivity contribution in [3.8, 4) is 0 Å². The highest BCUT2D eigenvalue weighted by Crippen LogP contribution is 2.24. The number of aliphatic hydroxyl groups is 1. The molecule has 0 saturated heterocycles. The van der Waals surface area contributed by atoms with Crippen LogP contribution >= 0.6 is 0 Å². The molecule has 1 atom stereocenters. The predicted octanol–water partition coefficient (Wildman–Crippen LogP) is 2.49. The minimum atomic E-state index is -1.10. The minimum Gasteiger partial charge on any atom is -0.382 e. The molecule has 0 saturated carbocycles. The summed E-state index contributed by atoms with van der Waals surface area (Å²) < 4.78 is 15.0. The Morgan fingerprint density at radius 3 is 2.89 bits per heavy atom. The van der Waals surface area contributed by atoms with Gasteiger partial charge in [-0.1, -0.05) is 12.1 Å². The molecule has 4 heteroatoms. The van der Waals surface area contributed by atoms with Gasteiger partial charge in [-0.15, -0.1) is 0 Å². The SMILES string of the molecule is CCn1ccnc1C(C)(O)Cc1cccc(F)c1. The summed E-state index contributed by atoms with van der Waals surface area (Å²) in [7, 11) is 0. The van der Waals surface area contributed by atoms with Crippen molar-refractivity contribution in [2.75, 3.05) is 0 Å². The van der Waals surface area contributed by atoms with Crippen LogP contribution in [0.1, 0.15) is 25.2 Å². The van der Waals surface area contributed by atoms with Crippen LogP contribution in [0, 0.1) is 5.82 Å². The molecule has 0 fully saturated rings. The molecule has 1 unspecified atom stereocenters. The summed E-state index contributed by atoms with van der Waals surface area (Å²) in [4.78, 5) is 4.20. The van der Waals surface area contributed by atoms with Crippen molar-refractivity contribution in [1.29, 1.82) is 0 Å². The highest BCUT2D eigenvalue weighted by molar-refractivity contribution is 5.20. The maximum atomic E-state index is 13.1. The van der Waals surface area contributed by atoms with E-state index in [9.17, 15) is 9.50 Å². The van der Waals surface area contributed by atoms with E-state index in [4.69, 9.17) is 0 Å². The summed E-state index contributed by atoms with van der Waals surface area (Å²) >= 11 is 0. The van der Waals surface area contributed by atoms with Crippen LogP contribution in [-0.4, -0.2) is 14.7 Å². The van der Waals surface area contributed by atoms with Gasteiger partial charge >= 0.3 is 0 Å². The highest BCUT2D eigenvalue weighted by Gasteiger charge is 2.28. The Balaban J connectivity index is 2.26. The van der Waals surface area contributed by atoms with Gasteiger partial charge in [-0.05, 0) is 31.5 Å². The molecule has 2 aromatic rings. The van der Waals surface area contributed by atoms with Crippen LogP contribution < -0.4 is 0 Å². The van der Waals surface area contributed by atoms with Crippen molar-refractivity contribution in [2.45, 2.75) is 32.4 Å². The Bertz CT molecular complexity index is 534. The van der Waals surface area contributed by atoms with Crippen molar-refractivity contribution >= 4 is 0 Å². The summed E-state index contributed by atoms with van der Waals surface area (Å²) in [6.45, 7) is 4.43. The lowest BCUT2D eigenvalue weighted by Gasteiger charge is -2.23. The van der Waals surface area contributed by atoms with Crippen LogP contribution in [0.15, 0.2) is 36.7 Å². The number of nitrogens with zero attached hydrogens (tertiary/aromatic N) is 2. The van der Waals surface area contributed by atoms with Crippen LogP contribution in [0.3, 0.4) is 0 Å². The molecule has 0 aliphatic carbocycles. The van der Waals surface area contributed by atoms with Gasteiger partial charge in [0, 0.05) is 25.4 Å². The summed E-state index contributed by atoms with van der Waals surface area (Å²) in [5, 5.41) is 10.5. The van der Waals surface area contributed by atoms with E-state index < -0.39 is 5.60 Å². The van der Waals surface area contributed by atoms with Crippen molar-refractivity contribution in [3.05, 3.63) is 53.9 Å². The predicted molar refractivity (Wildman–Crippen MR) is 67.6 cm³/mol. The molecule has 0 spiro atoms. The van der Waals surface area contributed by atoms with Gasteiger partial charge in [0.15, 0.2) is 0 Å². The fourth-order valence-electron chi connectivity index (χ4n) is 2.16. The van der Waals surface area contributed by atoms with Gasteiger partial charge in [-0.2, -0.15) is 0 Å². The molecule has 1 heterocycles. The first-order valence-electron chi connectivity index (χ1n) is 6.01. The normalized spacial score (nSPS) is 14.4. The molecule has 0 bridgehead atoms. The molecule has 1 aromatic carbocycles. The standard InChI is InChI=1S/C14H17FN2O/c1-3-17-8-7-16-13(17)14(2,18)10-11-5-4-6-12(15)9-11/h4-9,18H,3,10H2,1-2H3. The Labute approximate surface area is 106 Å². The van der Waals surface area contributed by atoms with Crippen molar-refractivity contribution < 1.29 is 9.50 Å². The fourth-order valence-corrected chi connectivity index (χ4v) is 2.16. The third-order valence-corrected chi connectivity index (χ3v) is 2.98. The van der Waals surface area contributed by atoms with Crippen molar-refractivity contribution in [1.82, 2.24) is 9.55 Å². The lowest BCUT2D eigenvalue weighted by molar-refractivity contribution is 0.0444. The molecule has 18 heavy (non-hydrogen) atoms. The summed E-state index contributed by atoms with van der Waals surface area (Å²) in [5.41, 5.74) is -0.349. The molecular formula is C14H17FN2O. The number of hydrogen-bond donors (Lipinski definition) is 1. The van der Waals surface area contributed by atoms with Gasteiger partial charge in [0.25, 0.3) is 0 Å². The van der Waals surface area contributed by atoms with Gasteiger partial charge in [0.2, 0.25) is 0 Å². The zero-order chi connectivity index (χ0) is 13.2. The molecule has 2 rings (SSSR count). The van der Waals surface area contributed by atoms with Crippen LogP contribution in [0.25, 0.3) is 0 Å². The third-order valence-electron chi connectivity index (χ3n) is 2.98. The molecule has 0 radical (unpaired) electrons. The average molecular weight is 248 g/mol. The van der Waals surface area contributed by atoms with Crippen LogP contribution in [-0.2, 0) is 18.6 Å². The van der Waals surface area contributed by atoms with E-state index in [1.165, 1.54) is 12.1 Å². The quantitative estimate of drug-likeness (QED) is 0.902. The van der Waals surface area contributed by atoms with Gasteiger partial charge in [0.1, 0.15) is 17.2 Å². The topological polar surface area (TPSA) is 38.0 Å². The minimum absolute atomic E-state index is 0.290. The van der Waals surface area contributed by atoms with Crippen molar-refractivity contribution in [2.24, 2.45) is 0 Å². The molecule has 1 aromatic heterocycles. The Morgan fingerprint density at radius 2 is 2.22 bits per heavy atom. The van der Waals surface area contributed by atoms with E-state index >= 15 is 0 Å². The number of halogens is 1. The van der Waals surface area contributed by atoms with Gasteiger partial charge in [-0.25, -0.2) is 9.37 Å². The second-order valence-corrected chi connectivity index (χ2v) is 4.62. The summed E-state index contributed by atoms with van der Waals surface area (Å²) in [6, 6.07) is 6.28. The second kappa shape index (κ2) is 4.90. The maximum Gasteiger partial charge on any atom is 0.140 e. The highest BCUT2D eigenvalue weighted by atomic mass is 19.1. The Morgan fingerprint density at radius 1 is 1.44 bits per heavy atom. The van der Waals surface area contributed by atoms with Gasteiger partial charge in [-0.3, -0.25) is 0 Å². The number of rotatable bonds is 4. The van der Waals surface area contributed by atoms with Crippen molar-refractivity contribution in [3.63, 3.8) is 0 Å². The Hall–Kier alpha value is -1.68. The van der Waals surface area contributed by atoms with Crippen LogP contribution in [0.2, 0.25) is 0 Å². The van der Waals surface area contributed by atoms with E-state index in [0.717, 1.165) is 12.1 Å². The summed E-state index contributed by atoms with van der Waals surface area (Å²) in [5.74, 6) is 0.316. The first-order valence-corrected chi connectivity index (χ1v) is 6.01. The fraction of sp³-hybridized carbons (Fsp3) is 0.357. The van der Waals surface area contributed by atoms with E-state index in [0.29, 0.717) is 12.2 Å². The number of imidazole rings is 1. The average Bonchev–Trinajstić information content (AvgIpc) is 2.77. The number of benzene rings is 1. The van der Waals surface area contributed by atoms with Gasteiger partial charge < -0.3 is 9.67 Å². The summed E-state index contributed by atoms with van der Waals surface area (Å²) in [6.07, 6.45) is 3.83. The first-order chi connectivity index (χ1) is 8.53. The largest absolute Gasteiger partial charge is 0.382 e. The van der Waals surface area contributed by atoms with E-state index in [1.807, 2.05) is 17.7 Å².